The van der Waals surface area contributed by atoms with Crippen molar-refractivity contribution in [2.24, 2.45) is 0 Å². The Morgan fingerprint density at radius 2 is 1.91 bits per heavy atom. The maximum atomic E-state index is 12.4. The fraction of sp³-hybridized carbons (Fsp3) is 0.333. The number of aromatic nitrogens is 4. The number of hydrogen-bond donors (Lipinski definition) is 5. The number of ether oxygens (including phenoxy) is 1. The number of aliphatic hydroxyl groups is 2. The molecule has 1 saturated heterocycles. The topological polar surface area (TPSA) is 209 Å². The number of sulfonamides is 1. The van der Waals surface area contributed by atoms with Crippen molar-refractivity contribution in [1.82, 2.24) is 24.2 Å². The van der Waals surface area contributed by atoms with Gasteiger partial charge in [0, 0.05) is 5.69 Å². The van der Waals surface area contributed by atoms with Crippen LogP contribution in [-0.4, -0.2) is 68.1 Å². The smallest absolute Gasteiger partial charge is 0.266 e. The summed E-state index contributed by atoms with van der Waals surface area (Å²) in [5.41, 5.74) is 12.2. The number of amides is 1. The van der Waals surface area contributed by atoms with E-state index in [1.807, 2.05) is 4.72 Å². The Balaban J connectivity index is 1.44. The summed E-state index contributed by atoms with van der Waals surface area (Å²) in [6.07, 6.45) is -2.50. The van der Waals surface area contributed by atoms with Crippen molar-refractivity contribution in [3.8, 4) is 0 Å². The molecular formula is C18H21N7O6S. The summed E-state index contributed by atoms with van der Waals surface area (Å²) in [5.74, 6) is -1.26. The number of hydrogen-bond acceptors (Lipinski definition) is 11. The maximum absolute atomic E-state index is 12.4. The Kier molecular flexibility index (Phi) is 5.68. The minimum absolute atomic E-state index is 0.0250. The third-order valence-corrected chi connectivity index (χ3v) is 6.39. The molecule has 4 rings (SSSR count). The third-order valence-electron chi connectivity index (χ3n) is 5.12. The molecule has 4 atom stereocenters. The van der Waals surface area contributed by atoms with E-state index in [0.717, 1.165) is 0 Å². The second-order valence-electron chi connectivity index (χ2n) is 7.26. The summed E-state index contributed by atoms with van der Waals surface area (Å²) >= 11 is 0. The van der Waals surface area contributed by atoms with Crippen LogP contribution < -0.4 is 16.2 Å². The molecular weight excluding hydrogens is 442 g/mol. The molecule has 0 saturated carbocycles. The van der Waals surface area contributed by atoms with Gasteiger partial charge in [0.1, 0.15) is 24.1 Å². The van der Waals surface area contributed by atoms with Crippen LogP contribution in [-0.2, 0) is 14.8 Å². The molecule has 1 aliphatic heterocycles. The average Bonchev–Trinajstić information content (AvgIpc) is 3.29. The zero-order chi connectivity index (χ0) is 23.0. The van der Waals surface area contributed by atoms with Crippen LogP contribution in [0, 0.1) is 0 Å². The summed E-state index contributed by atoms with van der Waals surface area (Å²) in [6, 6.07) is 6.05. The Labute approximate surface area is 182 Å². The second-order valence-corrected chi connectivity index (χ2v) is 9.10. The van der Waals surface area contributed by atoms with E-state index < -0.39 is 46.2 Å². The van der Waals surface area contributed by atoms with Gasteiger partial charge in [-0.25, -0.2) is 28.1 Å². The molecule has 32 heavy (non-hydrogen) atoms. The largest absolute Gasteiger partial charge is 0.398 e. The molecule has 1 fully saturated rings. The first-order valence-electron chi connectivity index (χ1n) is 9.52. The highest BCUT2D eigenvalue weighted by Crippen LogP contribution is 2.33. The van der Waals surface area contributed by atoms with Crippen molar-refractivity contribution in [1.29, 1.82) is 0 Å². The first-order valence-corrected chi connectivity index (χ1v) is 11.2. The molecule has 170 valence electrons. The lowest BCUT2D eigenvalue weighted by Gasteiger charge is -2.16. The number of para-hydroxylation sites is 1. The van der Waals surface area contributed by atoms with Crippen LogP contribution in [0.5, 0.6) is 0 Å². The summed E-state index contributed by atoms with van der Waals surface area (Å²) in [4.78, 5) is 24.2. The van der Waals surface area contributed by atoms with E-state index >= 15 is 0 Å². The van der Waals surface area contributed by atoms with E-state index in [9.17, 15) is 23.4 Å². The third kappa shape index (κ3) is 4.08. The number of carbonyl (C=O) groups excluding carboxylic acids is 1. The Morgan fingerprint density at radius 3 is 2.66 bits per heavy atom. The molecule has 7 N–H and O–H groups in total. The van der Waals surface area contributed by atoms with Gasteiger partial charge in [0.05, 0.1) is 23.7 Å². The molecule has 14 heteroatoms. The van der Waals surface area contributed by atoms with Crippen molar-refractivity contribution in [2.75, 3.05) is 17.2 Å². The minimum atomic E-state index is -4.07. The normalized spacial score (nSPS) is 23.4. The van der Waals surface area contributed by atoms with Crippen LogP contribution in [0.4, 0.5) is 11.5 Å². The van der Waals surface area contributed by atoms with Gasteiger partial charge in [-0.3, -0.25) is 9.36 Å². The molecule has 0 radical (unpaired) electrons. The number of anilines is 2. The first-order chi connectivity index (χ1) is 15.2. The van der Waals surface area contributed by atoms with E-state index in [-0.39, 0.29) is 29.1 Å². The van der Waals surface area contributed by atoms with E-state index in [1.165, 1.54) is 29.4 Å². The number of rotatable bonds is 6. The van der Waals surface area contributed by atoms with Gasteiger partial charge in [0.2, 0.25) is 10.0 Å². The van der Waals surface area contributed by atoms with E-state index in [1.54, 1.807) is 12.1 Å². The fourth-order valence-electron chi connectivity index (χ4n) is 3.48. The van der Waals surface area contributed by atoms with Crippen LogP contribution in [0.15, 0.2) is 36.9 Å². The Hall–Kier alpha value is -3.33. The van der Waals surface area contributed by atoms with E-state index in [0.29, 0.717) is 5.52 Å². The van der Waals surface area contributed by atoms with Gasteiger partial charge >= 0.3 is 0 Å². The average molecular weight is 463 g/mol. The molecule has 2 aromatic heterocycles. The second kappa shape index (κ2) is 8.31. The molecule has 0 aliphatic carbocycles. The Morgan fingerprint density at radius 1 is 1.16 bits per heavy atom. The zero-order valence-electron chi connectivity index (χ0n) is 16.6. The highest BCUT2D eigenvalue weighted by atomic mass is 32.2. The van der Waals surface area contributed by atoms with Crippen LogP contribution in [0.1, 0.15) is 23.0 Å². The molecule has 13 nitrogen and oxygen atoms in total. The van der Waals surface area contributed by atoms with E-state index in [2.05, 4.69) is 15.0 Å². The highest BCUT2D eigenvalue weighted by Gasteiger charge is 2.44. The highest BCUT2D eigenvalue weighted by molar-refractivity contribution is 7.90. The first kappa shape index (κ1) is 21.9. The van der Waals surface area contributed by atoms with Crippen molar-refractivity contribution >= 4 is 38.6 Å². The van der Waals surface area contributed by atoms with Crippen LogP contribution in [0.2, 0.25) is 0 Å². The number of carbonyl (C=O) groups is 1. The summed E-state index contributed by atoms with van der Waals surface area (Å²) < 4.78 is 33.8. The molecule has 0 unspecified atom stereocenters. The molecule has 0 bridgehead atoms. The van der Waals surface area contributed by atoms with Gasteiger partial charge in [-0.1, -0.05) is 12.1 Å². The van der Waals surface area contributed by atoms with Crippen molar-refractivity contribution < 1.29 is 28.2 Å². The lowest BCUT2D eigenvalue weighted by molar-refractivity contribution is -0.0353. The number of nitrogen functional groups attached to an aromatic ring is 2. The molecule has 1 amide bonds. The fourth-order valence-corrected chi connectivity index (χ4v) is 4.51. The maximum Gasteiger partial charge on any atom is 0.266 e. The van der Waals surface area contributed by atoms with Gasteiger partial charge < -0.3 is 26.4 Å². The number of imidazole rings is 1. The summed E-state index contributed by atoms with van der Waals surface area (Å²) in [6.45, 7) is 0. The number of nitrogens with zero attached hydrogens (tertiary/aromatic N) is 4. The summed E-state index contributed by atoms with van der Waals surface area (Å²) in [7, 11) is -4.07. The van der Waals surface area contributed by atoms with Crippen LogP contribution in [0.25, 0.3) is 11.2 Å². The van der Waals surface area contributed by atoms with Gasteiger partial charge in [0.15, 0.2) is 17.7 Å². The van der Waals surface area contributed by atoms with Gasteiger partial charge in [0.25, 0.3) is 5.91 Å². The molecule has 0 spiro atoms. The summed E-state index contributed by atoms with van der Waals surface area (Å²) in [5, 5.41) is 20.8. The van der Waals surface area contributed by atoms with Crippen LogP contribution >= 0.6 is 0 Å². The van der Waals surface area contributed by atoms with Gasteiger partial charge in [-0.2, -0.15) is 0 Å². The van der Waals surface area contributed by atoms with Crippen molar-refractivity contribution in [3.63, 3.8) is 0 Å². The standard InChI is InChI=1S/C18H21N7O6S/c19-10-4-2-1-3-9(10)17(28)24-32(29,30)6-5-11-13(26)14(27)18(31-11)25-8-23-12-15(20)21-7-22-16(12)25/h1-4,7-8,11,13-14,18,26-27H,5-6,19H2,(H,24,28)(H2,20,21,22)/t11-,13-,14-,18-/m1/s1. The predicted molar refractivity (Wildman–Crippen MR) is 112 cm³/mol. The predicted octanol–water partition coefficient (Wildman–Crippen LogP) is -1.24. The minimum Gasteiger partial charge on any atom is -0.398 e. The molecule has 1 aromatic carbocycles. The number of fused-ring (bicyclic) bond motifs is 1. The van der Waals surface area contributed by atoms with Gasteiger partial charge in [-0.15, -0.1) is 0 Å². The SMILES string of the molecule is Nc1ccccc1C(=O)NS(=O)(=O)CC[C@H]1O[C@@H](n2cnc3c(N)ncnc32)[C@H](O)[C@@H]1O. The molecule has 1 aliphatic rings. The lowest BCUT2D eigenvalue weighted by Crippen LogP contribution is -2.36. The lowest BCUT2D eigenvalue weighted by atomic mass is 10.1. The zero-order valence-corrected chi connectivity index (χ0v) is 17.4. The number of nitrogens with two attached hydrogens (primary N) is 2. The van der Waals surface area contributed by atoms with Crippen molar-refractivity contribution in [3.05, 3.63) is 42.5 Å². The quantitative estimate of drug-likeness (QED) is 0.273. The number of aliphatic hydroxyl groups excluding tert-OH is 2. The van der Waals surface area contributed by atoms with Crippen LogP contribution in [0.3, 0.4) is 0 Å². The van der Waals surface area contributed by atoms with Crippen molar-refractivity contribution in [2.45, 2.75) is 31.0 Å². The number of benzene rings is 1. The molecule has 3 heterocycles. The Bertz CT molecular complexity index is 1260. The van der Waals surface area contributed by atoms with E-state index in [4.69, 9.17) is 16.2 Å². The molecule has 3 aromatic rings. The monoisotopic (exact) mass is 463 g/mol. The number of nitrogens with one attached hydrogen (secondary N) is 1. The van der Waals surface area contributed by atoms with Gasteiger partial charge in [-0.05, 0) is 18.6 Å².